The molecule has 2 N–H and O–H groups in total. The summed E-state index contributed by atoms with van der Waals surface area (Å²) in [6.45, 7) is 0. The molecule has 1 aliphatic carbocycles. The summed E-state index contributed by atoms with van der Waals surface area (Å²) in [6.07, 6.45) is 4.68. The van der Waals surface area contributed by atoms with Crippen molar-refractivity contribution in [3.8, 4) is 5.75 Å². The second kappa shape index (κ2) is 7.78. The number of aliphatic hydroxyl groups excluding tert-OH is 1. The Morgan fingerprint density at radius 3 is 2.46 bits per heavy atom. The highest BCUT2D eigenvalue weighted by Gasteiger charge is 2.35. The maximum atomic E-state index is 13.9. The average Bonchev–Trinajstić information content (AvgIpc) is 2.59. The van der Waals surface area contributed by atoms with Crippen LogP contribution in [-0.2, 0) is 6.42 Å². The number of carbonyl (C=O) groups excluding carboxylic acids is 1. The van der Waals surface area contributed by atoms with Gasteiger partial charge in [0.1, 0.15) is 0 Å². The topological polar surface area (TPSA) is 71.5 Å². The number of amides is 1. The van der Waals surface area contributed by atoms with Crippen molar-refractivity contribution in [3.63, 3.8) is 0 Å². The zero-order valence-corrected chi connectivity index (χ0v) is 14.3. The molecule has 0 spiro atoms. The smallest absolute Gasteiger partial charge is 0.251 e. The summed E-state index contributed by atoms with van der Waals surface area (Å²) in [5.41, 5.74) is 0.874. The van der Waals surface area contributed by atoms with E-state index >= 15 is 0 Å². The monoisotopic (exact) mass is 362 g/mol. The molecule has 1 saturated carbocycles. The van der Waals surface area contributed by atoms with E-state index in [0.717, 1.165) is 24.8 Å². The first-order valence-corrected chi connectivity index (χ1v) is 8.38. The number of aliphatic hydroxyl groups is 1. The Kier molecular flexibility index (Phi) is 5.46. The number of nitrogens with zero attached hydrogens (tertiary/aromatic N) is 1. The highest BCUT2D eigenvalue weighted by Crippen LogP contribution is 2.32. The van der Waals surface area contributed by atoms with E-state index in [-0.39, 0.29) is 23.6 Å². The molecule has 1 heterocycles. The second-order valence-electron chi connectivity index (χ2n) is 6.50. The van der Waals surface area contributed by atoms with Crippen LogP contribution in [0.3, 0.4) is 0 Å². The molecule has 1 aliphatic rings. The summed E-state index contributed by atoms with van der Waals surface area (Å²) < 4.78 is 32.3. The van der Waals surface area contributed by atoms with Gasteiger partial charge in [0.05, 0.1) is 13.2 Å². The van der Waals surface area contributed by atoms with E-state index in [2.05, 4.69) is 15.0 Å². The van der Waals surface area contributed by atoms with Crippen LogP contribution in [0.4, 0.5) is 8.78 Å². The molecule has 1 aromatic carbocycles. The number of ether oxygens (including phenoxy) is 1. The maximum Gasteiger partial charge on any atom is 0.251 e. The summed E-state index contributed by atoms with van der Waals surface area (Å²) in [5.74, 6) is -2.83. The van der Waals surface area contributed by atoms with E-state index in [9.17, 15) is 18.7 Å². The molecule has 1 amide bonds. The number of nitrogens with one attached hydrogen (secondary N) is 1. The maximum absolute atomic E-state index is 13.9. The highest BCUT2D eigenvalue weighted by atomic mass is 19.1. The van der Waals surface area contributed by atoms with E-state index < -0.39 is 23.3 Å². The molecule has 7 heteroatoms. The summed E-state index contributed by atoms with van der Waals surface area (Å²) in [7, 11) is 1.16. The largest absolute Gasteiger partial charge is 0.491 e. The summed E-state index contributed by atoms with van der Waals surface area (Å²) in [4.78, 5) is 16.5. The lowest BCUT2D eigenvalue weighted by atomic mass is 9.75. The number of hydrogen-bond donors (Lipinski definition) is 2. The number of methoxy groups -OCH3 is 1. The lowest BCUT2D eigenvalue weighted by Gasteiger charge is -2.38. The van der Waals surface area contributed by atoms with Gasteiger partial charge >= 0.3 is 0 Å². The minimum Gasteiger partial charge on any atom is -0.491 e. The Morgan fingerprint density at radius 2 is 1.92 bits per heavy atom. The van der Waals surface area contributed by atoms with Crippen molar-refractivity contribution < 1.29 is 23.4 Å². The van der Waals surface area contributed by atoms with E-state index in [1.54, 1.807) is 12.4 Å². The van der Waals surface area contributed by atoms with Gasteiger partial charge in [0.15, 0.2) is 17.4 Å². The van der Waals surface area contributed by atoms with E-state index in [1.807, 2.05) is 12.1 Å². The number of carbonyl (C=O) groups is 1. The van der Waals surface area contributed by atoms with Crippen molar-refractivity contribution in [1.82, 2.24) is 10.3 Å². The number of pyridine rings is 1. The molecule has 138 valence electrons. The molecule has 1 aromatic heterocycles. The van der Waals surface area contributed by atoms with Crippen molar-refractivity contribution in [1.29, 1.82) is 0 Å². The van der Waals surface area contributed by atoms with E-state index in [1.165, 1.54) is 0 Å². The zero-order chi connectivity index (χ0) is 18.7. The second-order valence-corrected chi connectivity index (χ2v) is 6.50. The molecule has 0 unspecified atom stereocenters. The Bertz CT molecular complexity index is 757. The zero-order valence-electron chi connectivity index (χ0n) is 14.3. The van der Waals surface area contributed by atoms with Crippen LogP contribution in [0, 0.1) is 17.6 Å². The van der Waals surface area contributed by atoms with Gasteiger partial charge in [0, 0.05) is 24.0 Å². The van der Waals surface area contributed by atoms with Crippen molar-refractivity contribution in [2.45, 2.75) is 31.4 Å². The van der Waals surface area contributed by atoms with Gasteiger partial charge in [-0.05, 0) is 55.0 Å². The van der Waals surface area contributed by atoms with Crippen LogP contribution >= 0.6 is 0 Å². The molecule has 3 rings (SSSR count). The minimum absolute atomic E-state index is 0.107. The van der Waals surface area contributed by atoms with Crippen LogP contribution in [0.2, 0.25) is 0 Å². The predicted octanol–water partition coefficient (Wildman–Crippen LogP) is 2.48. The van der Waals surface area contributed by atoms with Gasteiger partial charge < -0.3 is 15.2 Å². The van der Waals surface area contributed by atoms with Gasteiger partial charge in [-0.25, -0.2) is 8.78 Å². The molecule has 0 saturated heterocycles. The number of hydrogen-bond acceptors (Lipinski definition) is 4. The number of benzene rings is 1. The molecule has 0 bridgehead atoms. The average molecular weight is 362 g/mol. The summed E-state index contributed by atoms with van der Waals surface area (Å²) in [6, 6.07) is 5.36. The summed E-state index contributed by atoms with van der Waals surface area (Å²) >= 11 is 0. The van der Waals surface area contributed by atoms with Crippen molar-refractivity contribution in [2.75, 3.05) is 7.11 Å². The van der Waals surface area contributed by atoms with Crippen LogP contribution in [0.15, 0.2) is 36.7 Å². The van der Waals surface area contributed by atoms with Crippen molar-refractivity contribution >= 4 is 5.91 Å². The van der Waals surface area contributed by atoms with Gasteiger partial charge in [-0.1, -0.05) is 0 Å². The third-order valence-electron chi connectivity index (χ3n) is 4.70. The number of aromatic nitrogens is 1. The van der Waals surface area contributed by atoms with Crippen molar-refractivity contribution in [2.24, 2.45) is 5.92 Å². The normalized spacial score (nSPS) is 20.2. The summed E-state index contributed by atoms with van der Waals surface area (Å²) in [5, 5.41) is 12.4. The first-order valence-electron chi connectivity index (χ1n) is 8.38. The van der Waals surface area contributed by atoms with Gasteiger partial charge in [0.2, 0.25) is 0 Å². The highest BCUT2D eigenvalue weighted by molar-refractivity contribution is 5.94. The van der Waals surface area contributed by atoms with Crippen LogP contribution in [0.5, 0.6) is 5.75 Å². The third kappa shape index (κ3) is 3.99. The first kappa shape index (κ1) is 18.3. The van der Waals surface area contributed by atoms with Crippen LogP contribution in [-0.4, -0.2) is 35.3 Å². The fourth-order valence-electron chi connectivity index (χ4n) is 3.20. The first-order chi connectivity index (χ1) is 12.5. The quantitative estimate of drug-likeness (QED) is 0.828. The number of halogens is 2. The van der Waals surface area contributed by atoms with Gasteiger partial charge in [-0.15, -0.1) is 0 Å². The lowest BCUT2D eigenvalue weighted by Crippen LogP contribution is -2.48. The SMILES string of the molecule is COc1c(F)cc(C(=O)N[C@@H](Cc2ccncc2)C2CC(O)C2)cc1F. The van der Waals surface area contributed by atoms with E-state index in [0.29, 0.717) is 19.3 Å². The fraction of sp³-hybridized carbons (Fsp3) is 0.368. The number of rotatable bonds is 6. The minimum atomic E-state index is -0.928. The Morgan fingerprint density at radius 1 is 1.31 bits per heavy atom. The Labute approximate surface area is 150 Å². The Balaban J connectivity index is 1.77. The molecule has 0 radical (unpaired) electrons. The molecule has 26 heavy (non-hydrogen) atoms. The third-order valence-corrected chi connectivity index (χ3v) is 4.70. The van der Waals surface area contributed by atoms with Crippen LogP contribution in [0.25, 0.3) is 0 Å². The molecular weight excluding hydrogens is 342 g/mol. The molecule has 0 aliphatic heterocycles. The molecule has 1 fully saturated rings. The predicted molar refractivity (Wildman–Crippen MR) is 90.8 cm³/mol. The van der Waals surface area contributed by atoms with Gasteiger partial charge in [0.25, 0.3) is 5.91 Å². The lowest BCUT2D eigenvalue weighted by molar-refractivity contribution is 0.0239. The van der Waals surface area contributed by atoms with Crippen LogP contribution in [0.1, 0.15) is 28.8 Å². The molecule has 5 nitrogen and oxygen atoms in total. The van der Waals surface area contributed by atoms with Gasteiger partial charge in [-0.3, -0.25) is 9.78 Å². The standard InChI is InChI=1S/C19H20F2N2O3/c1-26-18-15(20)9-13(10-16(18)21)19(25)23-17(12-7-14(24)8-12)6-11-2-4-22-5-3-11/h2-5,9-10,12,14,17,24H,6-8H2,1H3,(H,23,25)/t12?,14?,17-/m0/s1. The molecule has 2 aromatic rings. The van der Waals surface area contributed by atoms with Gasteiger partial charge in [-0.2, -0.15) is 0 Å². The molecule has 1 atom stereocenters. The van der Waals surface area contributed by atoms with Crippen LogP contribution < -0.4 is 10.1 Å². The fourth-order valence-corrected chi connectivity index (χ4v) is 3.20. The van der Waals surface area contributed by atoms with E-state index in [4.69, 9.17) is 0 Å². The van der Waals surface area contributed by atoms with Crippen molar-refractivity contribution in [3.05, 3.63) is 59.4 Å². The molecular formula is C19H20F2N2O3. The Hall–Kier alpha value is -2.54.